The number of aryl methyl sites for hydroxylation is 1. The van der Waals surface area contributed by atoms with Crippen LogP contribution < -0.4 is 10.6 Å². The van der Waals surface area contributed by atoms with E-state index in [-0.39, 0.29) is 17.5 Å². The first-order valence-electron chi connectivity index (χ1n) is 6.25. The van der Waals surface area contributed by atoms with Crippen LogP contribution >= 0.6 is 0 Å². The van der Waals surface area contributed by atoms with Gasteiger partial charge in [0.15, 0.2) is 0 Å². The number of carbonyl (C=O) groups is 1. The van der Waals surface area contributed by atoms with Crippen LogP contribution in [0.3, 0.4) is 0 Å². The summed E-state index contributed by atoms with van der Waals surface area (Å²) in [6, 6.07) is 4.61. The monoisotopic (exact) mass is 263 g/mol. The SMILES string of the molecule is Cc1cc(NC(=O)[C@@H]2CNC[C@H]2C)ccc1[N+](=O)[O-]. The second-order valence-corrected chi connectivity index (χ2v) is 4.99. The smallest absolute Gasteiger partial charge is 0.272 e. The highest BCUT2D eigenvalue weighted by Crippen LogP contribution is 2.23. The second kappa shape index (κ2) is 5.36. The van der Waals surface area contributed by atoms with Gasteiger partial charge in [0.2, 0.25) is 5.91 Å². The minimum Gasteiger partial charge on any atom is -0.326 e. The van der Waals surface area contributed by atoms with E-state index in [1.165, 1.54) is 6.07 Å². The molecule has 1 saturated heterocycles. The number of anilines is 1. The fraction of sp³-hybridized carbons (Fsp3) is 0.462. The molecule has 2 N–H and O–H groups in total. The fourth-order valence-electron chi connectivity index (χ4n) is 2.33. The lowest BCUT2D eigenvalue weighted by Crippen LogP contribution is -2.27. The molecule has 6 heteroatoms. The van der Waals surface area contributed by atoms with Crippen molar-refractivity contribution < 1.29 is 9.72 Å². The van der Waals surface area contributed by atoms with E-state index in [0.29, 0.717) is 23.7 Å². The van der Waals surface area contributed by atoms with E-state index in [4.69, 9.17) is 0 Å². The molecule has 0 aromatic heterocycles. The largest absolute Gasteiger partial charge is 0.326 e. The molecular formula is C13H17N3O3. The standard InChI is InChI=1S/C13H17N3O3/c1-8-5-10(3-4-12(8)16(18)19)15-13(17)11-7-14-6-9(11)2/h3-5,9,11,14H,6-7H2,1-2H3,(H,15,17)/t9-,11-/m1/s1. The van der Waals surface area contributed by atoms with Crippen LogP contribution in [0.2, 0.25) is 0 Å². The summed E-state index contributed by atoms with van der Waals surface area (Å²) in [7, 11) is 0. The zero-order valence-electron chi connectivity index (χ0n) is 11.0. The van der Waals surface area contributed by atoms with Gasteiger partial charge in [0, 0.05) is 23.9 Å². The first-order valence-corrected chi connectivity index (χ1v) is 6.25. The lowest BCUT2D eigenvalue weighted by molar-refractivity contribution is -0.385. The maximum Gasteiger partial charge on any atom is 0.272 e. The van der Waals surface area contributed by atoms with Crippen molar-refractivity contribution >= 4 is 17.3 Å². The summed E-state index contributed by atoms with van der Waals surface area (Å²) >= 11 is 0. The highest BCUT2D eigenvalue weighted by atomic mass is 16.6. The quantitative estimate of drug-likeness (QED) is 0.642. The fourth-order valence-corrected chi connectivity index (χ4v) is 2.33. The highest BCUT2D eigenvalue weighted by Gasteiger charge is 2.29. The Morgan fingerprint density at radius 2 is 2.21 bits per heavy atom. The molecule has 1 amide bonds. The van der Waals surface area contributed by atoms with Crippen LogP contribution in [0.4, 0.5) is 11.4 Å². The zero-order chi connectivity index (χ0) is 14.0. The van der Waals surface area contributed by atoms with Gasteiger partial charge in [0.25, 0.3) is 5.69 Å². The van der Waals surface area contributed by atoms with Crippen molar-refractivity contribution in [3.8, 4) is 0 Å². The molecule has 19 heavy (non-hydrogen) atoms. The third kappa shape index (κ3) is 2.90. The van der Waals surface area contributed by atoms with Gasteiger partial charge < -0.3 is 10.6 Å². The summed E-state index contributed by atoms with van der Waals surface area (Å²) in [5.41, 5.74) is 1.21. The van der Waals surface area contributed by atoms with Gasteiger partial charge in [-0.05, 0) is 31.5 Å². The van der Waals surface area contributed by atoms with E-state index >= 15 is 0 Å². The van der Waals surface area contributed by atoms with Crippen LogP contribution in [0.25, 0.3) is 0 Å². The van der Waals surface area contributed by atoms with Crippen molar-refractivity contribution in [3.05, 3.63) is 33.9 Å². The number of benzene rings is 1. The van der Waals surface area contributed by atoms with Crippen LogP contribution in [0.1, 0.15) is 12.5 Å². The van der Waals surface area contributed by atoms with Gasteiger partial charge in [0.1, 0.15) is 0 Å². The molecule has 1 aromatic rings. The van der Waals surface area contributed by atoms with Gasteiger partial charge in [-0.25, -0.2) is 0 Å². The Hall–Kier alpha value is -1.95. The Morgan fingerprint density at radius 3 is 2.74 bits per heavy atom. The first kappa shape index (κ1) is 13.5. The van der Waals surface area contributed by atoms with Gasteiger partial charge in [-0.2, -0.15) is 0 Å². The predicted octanol–water partition coefficient (Wildman–Crippen LogP) is 1.70. The Balaban J connectivity index is 2.09. The lowest BCUT2D eigenvalue weighted by atomic mass is 9.97. The molecule has 1 aliphatic heterocycles. The van der Waals surface area contributed by atoms with Crippen LogP contribution in [0, 0.1) is 28.9 Å². The van der Waals surface area contributed by atoms with Crippen molar-refractivity contribution in [2.45, 2.75) is 13.8 Å². The van der Waals surface area contributed by atoms with Crippen molar-refractivity contribution in [1.29, 1.82) is 0 Å². The van der Waals surface area contributed by atoms with Crippen molar-refractivity contribution in [3.63, 3.8) is 0 Å². The number of nitro benzene ring substituents is 1. The molecule has 102 valence electrons. The number of amides is 1. The van der Waals surface area contributed by atoms with E-state index in [1.54, 1.807) is 19.1 Å². The summed E-state index contributed by atoms with van der Waals surface area (Å²) in [6.45, 7) is 5.22. The van der Waals surface area contributed by atoms with Crippen molar-refractivity contribution in [2.24, 2.45) is 11.8 Å². The maximum atomic E-state index is 12.1. The number of hydrogen-bond donors (Lipinski definition) is 2. The Kier molecular flexibility index (Phi) is 3.80. The second-order valence-electron chi connectivity index (χ2n) is 4.99. The predicted molar refractivity (Wildman–Crippen MR) is 72.0 cm³/mol. The van der Waals surface area contributed by atoms with Crippen LogP contribution in [0.5, 0.6) is 0 Å². The average molecular weight is 263 g/mol. The molecule has 1 aliphatic rings. The van der Waals surface area contributed by atoms with Gasteiger partial charge in [0.05, 0.1) is 10.8 Å². The normalized spacial score (nSPS) is 22.2. The third-order valence-electron chi connectivity index (χ3n) is 3.52. The number of hydrogen-bond acceptors (Lipinski definition) is 4. The molecule has 1 heterocycles. The first-order chi connectivity index (χ1) is 8.99. The van der Waals surface area contributed by atoms with Crippen molar-refractivity contribution in [2.75, 3.05) is 18.4 Å². The Bertz CT molecular complexity index is 516. The van der Waals surface area contributed by atoms with E-state index < -0.39 is 4.92 Å². The molecule has 2 atom stereocenters. The number of rotatable bonds is 3. The molecule has 1 fully saturated rings. The van der Waals surface area contributed by atoms with Crippen LogP contribution in [-0.4, -0.2) is 23.9 Å². The number of nitrogens with zero attached hydrogens (tertiary/aromatic N) is 1. The molecule has 2 rings (SSSR count). The van der Waals surface area contributed by atoms with E-state index in [2.05, 4.69) is 10.6 Å². The molecule has 1 aromatic carbocycles. The van der Waals surface area contributed by atoms with Gasteiger partial charge in [-0.3, -0.25) is 14.9 Å². The molecule has 0 saturated carbocycles. The average Bonchev–Trinajstić information content (AvgIpc) is 2.75. The molecular weight excluding hydrogens is 246 g/mol. The lowest BCUT2D eigenvalue weighted by Gasteiger charge is -2.14. The Labute approximate surface area is 111 Å². The molecule has 0 bridgehead atoms. The minimum absolute atomic E-state index is 0.0363. The summed E-state index contributed by atoms with van der Waals surface area (Å²) in [4.78, 5) is 22.4. The van der Waals surface area contributed by atoms with Crippen LogP contribution in [-0.2, 0) is 4.79 Å². The zero-order valence-corrected chi connectivity index (χ0v) is 11.0. The van der Waals surface area contributed by atoms with Crippen LogP contribution in [0.15, 0.2) is 18.2 Å². The van der Waals surface area contributed by atoms with E-state index in [1.807, 2.05) is 6.92 Å². The minimum atomic E-state index is -0.427. The summed E-state index contributed by atoms with van der Waals surface area (Å²) in [5, 5.41) is 16.7. The molecule has 6 nitrogen and oxygen atoms in total. The van der Waals surface area contributed by atoms with E-state index in [0.717, 1.165) is 6.54 Å². The molecule has 0 spiro atoms. The Morgan fingerprint density at radius 1 is 1.47 bits per heavy atom. The number of nitrogens with one attached hydrogen (secondary N) is 2. The highest BCUT2D eigenvalue weighted by molar-refractivity contribution is 5.93. The summed E-state index contributed by atoms with van der Waals surface area (Å²) < 4.78 is 0. The number of nitro groups is 1. The van der Waals surface area contributed by atoms with Crippen molar-refractivity contribution in [1.82, 2.24) is 5.32 Å². The topological polar surface area (TPSA) is 84.3 Å². The third-order valence-corrected chi connectivity index (χ3v) is 3.52. The van der Waals surface area contributed by atoms with Gasteiger partial charge in [-0.1, -0.05) is 6.92 Å². The maximum absolute atomic E-state index is 12.1. The van der Waals surface area contributed by atoms with Gasteiger partial charge >= 0.3 is 0 Å². The summed E-state index contributed by atoms with van der Waals surface area (Å²) in [6.07, 6.45) is 0. The number of carbonyl (C=O) groups excluding carboxylic acids is 1. The molecule has 0 aliphatic carbocycles. The molecule has 0 radical (unpaired) electrons. The molecule has 0 unspecified atom stereocenters. The van der Waals surface area contributed by atoms with Gasteiger partial charge in [-0.15, -0.1) is 0 Å². The summed E-state index contributed by atoms with van der Waals surface area (Å²) in [5.74, 6) is 0.223. The van der Waals surface area contributed by atoms with E-state index in [9.17, 15) is 14.9 Å².